The van der Waals surface area contributed by atoms with Crippen molar-refractivity contribution < 1.29 is 19.2 Å². The highest BCUT2D eigenvalue weighted by molar-refractivity contribution is 9.10. The molecule has 0 unspecified atom stereocenters. The van der Waals surface area contributed by atoms with E-state index < -0.39 is 11.0 Å². The van der Waals surface area contributed by atoms with Crippen LogP contribution in [0.4, 0.5) is 16.2 Å². The van der Waals surface area contributed by atoms with Crippen LogP contribution in [0.3, 0.4) is 0 Å². The van der Waals surface area contributed by atoms with E-state index in [2.05, 4.69) is 38.4 Å². The lowest BCUT2D eigenvalue weighted by Crippen LogP contribution is -2.24. The summed E-state index contributed by atoms with van der Waals surface area (Å²) in [7, 11) is 0. The third-order valence-corrected chi connectivity index (χ3v) is 6.03. The lowest BCUT2D eigenvalue weighted by molar-refractivity contribution is -0.384. The number of hydrogen-bond acceptors (Lipinski definition) is 6. The summed E-state index contributed by atoms with van der Waals surface area (Å²) in [5, 5.41) is 17.7. The first-order valence-electron chi connectivity index (χ1n) is 11.4. The number of nitrogens with one attached hydrogen (secondary N) is 2. The van der Waals surface area contributed by atoms with Crippen molar-refractivity contribution in [2.24, 2.45) is 5.10 Å². The van der Waals surface area contributed by atoms with Gasteiger partial charge < -0.3 is 14.8 Å². The number of amides is 2. The largest absolute Gasteiger partial charge is 0.490 e. The van der Waals surface area contributed by atoms with Gasteiger partial charge in [-0.25, -0.2) is 10.2 Å². The van der Waals surface area contributed by atoms with E-state index in [0.717, 1.165) is 21.2 Å². The van der Waals surface area contributed by atoms with Crippen molar-refractivity contribution in [2.45, 2.75) is 26.9 Å². The highest BCUT2D eigenvalue weighted by Gasteiger charge is 2.14. The fourth-order valence-electron chi connectivity index (χ4n) is 3.41. The fraction of sp³-hybridized carbons (Fsp3) is 0.185. The van der Waals surface area contributed by atoms with E-state index in [9.17, 15) is 14.9 Å². The normalized spacial score (nSPS) is 10.7. The molecule has 0 aromatic heterocycles. The van der Waals surface area contributed by atoms with Crippen molar-refractivity contribution in [1.29, 1.82) is 0 Å². The van der Waals surface area contributed by atoms with E-state index in [0.29, 0.717) is 35.8 Å². The number of carbonyl (C=O) groups is 1. The molecule has 0 saturated heterocycles. The van der Waals surface area contributed by atoms with E-state index in [1.165, 1.54) is 18.3 Å². The minimum Gasteiger partial charge on any atom is -0.490 e. The maximum absolute atomic E-state index is 12.2. The third-order valence-electron chi connectivity index (χ3n) is 5.14. The predicted molar refractivity (Wildman–Crippen MR) is 148 cm³/mol. The maximum atomic E-state index is 12.2. The topological polar surface area (TPSA) is 115 Å². The number of hydrogen-bond donors (Lipinski definition) is 2. The summed E-state index contributed by atoms with van der Waals surface area (Å²) in [6, 6.07) is 14.8. The molecule has 3 rings (SSSR count). The summed E-state index contributed by atoms with van der Waals surface area (Å²) in [5.74, 6) is 1.06. The Morgan fingerprint density at radius 3 is 2.57 bits per heavy atom. The van der Waals surface area contributed by atoms with Crippen LogP contribution in [-0.2, 0) is 13.0 Å². The number of non-ortho nitro benzene ring substituents is 1. The van der Waals surface area contributed by atoms with Gasteiger partial charge >= 0.3 is 6.03 Å². The van der Waals surface area contributed by atoms with Crippen molar-refractivity contribution in [2.75, 3.05) is 11.9 Å². The van der Waals surface area contributed by atoms with E-state index in [-0.39, 0.29) is 12.3 Å². The number of nitrogens with zero attached hydrogens (tertiary/aromatic N) is 2. The SMILES string of the molecule is C=CCc1cc(/C=N/NC(=O)Nc2ccc(Br)c(C)c2)cc(OCC)c1OCc1ccc([N+](=O)[O-])cc1. The Morgan fingerprint density at radius 1 is 1.16 bits per heavy atom. The molecule has 9 nitrogen and oxygen atoms in total. The average Bonchev–Trinajstić information content (AvgIpc) is 2.86. The van der Waals surface area contributed by atoms with Crippen molar-refractivity contribution >= 4 is 39.6 Å². The van der Waals surface area contributed by atoms with Gasteiger partial charge in [-0.3, -0.25) is 10.1 Å². The van der Waals surface area contributed by atoms with Crippen molar-refractivity contribution in [1.82, 2.24) is 5.43 Å². The summed E-state index contributed by atoms with van der Waals surface area (Å²) in [6.45, 7) is 8.23. The van der Waals surface area contributed by atoms with Gasteiger partial charge in [0.05, 0.1) is 17.7 Å². The molecule has 0 fully saturated rings. The van der Waals surface area contributed by atoms with Crippen LogP contribution in [0.15, 0.2) is 76.8 Å². The molecule has 3 aromatic rings. The van der Waals surface area contributed by atoms with Gasteiger partial charge in [-0.2, -0.15) is 5.10 Å². The number of anilines is 1. The highest BCUT2D eigenvalue weighted by atomic mass is 79.9. The van der Waals surface area contributed by atoms with Crippen LogP contribution in [0, 0.1) is 17.0 Å². The number of rotatable bonds is 11. The minimum atomic E-state index is -0.475. The summed E-state index contributed by atoms with van der Waals surface area (Å²) >= 11 is 3.43. The van der Waals surface area contributed by atoms with Crippen LogP contribution in [0.2, 0.25) is 0 Å². The molecule has 10 heteroatoms. The van der Waals surface area contributed by atoms with Crippen LogP contribution >= 0.6 is 15.9 Å². The zero-order valence-electron chi connectivity index (χ0n) is 20.5. The summed E-state index contributed by atoms with van der Waals surface area (Å²) in [4.78, 5) is 22.7. The second-order valence-electron chi connectivity index (χ2n) is 7.93. The number of ether oxygens (including phenoxy) is 2. The van der Waals surface area contributed by atoms with Gasteiger partial charge in [0.25, 0.3) is 5.69 Å². The number of aryl methyl sites for hydroxylation is 1. The molecule has 0 radical (unpaired) electrons. The molecule has 192 valence electrons. The number of hydrazone groups is 1. The smallest absolute Gasteiger partial charge is 0.339 e. The first-order chi connectivity index (χ1) is 17.8. The first kappa shape index (κ1) is 27.4. The molecule has 37 heavy (non-hydrogen) atoms. The number of halogens is 1. The van der Waals surface area contributed by atoms with Gasteiger partial charge in [0, 0.05) is 27.9 Å². The highest BCUT2D eigenvalue weighted by Crippen LogP contribution is 2.34. The van der Waals surface area contributed by atoms with E-state index in [4.69, 9.17) is 9.47 Å². The third kappa shape index (κ3) is 7.91. The zero-order valence-corrected chi connectivity index (χ0v) is 22.1. The number of urea groups is 1. The van der Waals surface area contributed by atoms with Crippen molar-refractivity contribution in [3.8, 4) is 11.5 Å². The Labute approximate surface area is 223 Å². The van der Waals surface area contributed by atoms with Gasteiger partial charge in [0.15, 0.2) is 11.5 Å². The van der Waals surface area contributed by atoms with Crippen molar-refractivity contribution in [3.05, 3.63) is 104 Å². The molecule has 0 aliphatic carbocycles. The molecular formula is C27H27BrN4O5. The molecule has 0 aliphatic heterocycles. The second kappa shape index (κ2) is 13.2. The zero-order chi connectivity index (χ0) is 26.8. The van der Waals surface area contributed by atoms with Gasteiger partial charge in [-0.05, 0) is 79.4 Å². The van der Waals surface area contributed by atoms with Crippen LogP contribution in [0.5, 0.6) is 11.5 Å². The van der Waals surface area contributed by atoms with Gasteiger partial charge in [0.2, 0.25) is 0 Å². The van der Waals surface area contributed by atoms with E-state index >= 15 is 0 Å². The number of nitro groups is 1. The van der Waals surface area contributed by atoms with Gasteiger partial charge in [0.1, 0.15) is 6.61 Å². The molecule has 0 spiro atoms. The Bertz CT molecular complexity index is 1310. The Hall–Kier alpha value is -4.18. The van der Waals surface area contributed by atoms with Crippen molar-refractivity contribution in [3.63, 3.8) is 0 Å². The van der Waals surface area contributed by atoms with Crippen LogP contribution in [-0.4, -0.2) is 23.8 Å². The number of benzene rings is 3. The fourth-order valence-corrected chi connectivity index (χ4v) is 3.65. The van der Waals surface area contributed by atoms with Crippen LogP contribution in [0.25, 0.3) is 0 Å². The molecule has 0 heterocycles. The van der Waals surface area contributed by atoms with Crippen LogP contribution in [0.1, 0.15) is 29.2 Å². The molecule has 0 saturated carbocycles. The predicted octanol–water partition coefficient (Wildman–Crippen LogP) is 6.53. The summed E-state index contributed by atoms with van der Waals surface area (Å²) in [6.07, 6.45) is 3.77. The monoisotopic (exact) mass is 566 g/mol. The van der Waals surface area contributed by atoms with Gasteiger partial charge in [-0.15, -0.1) is 6.58 Å². The second-order valence-corrected chi connectivity index (χ2v) is 8.79. The molecule has 2 amide bonds. The maximum Gasteiger partial charge on any atom is 0.339 e. The Balaban J connectivity index is 1.74. The summed E-state index contributed by atoms with van der Waals surface area (Å²) < 4.78 is 12.8. The molecule has 0 bridgehead atoms. The van der Waals surface area contributed by atoms with Crippen LogP contribution < -0.4 is 20.2 Å². The van der Waals surface area contributed by atoms with E-state index in [1.54, 1.807) is 30.3 Å². The number of carbonyl (C=O) groups excluding carboxylic acids is 1. The lowest BCUT2D eigenvalue weighted by Gasteiger charge is -2.17. The molecular weight excluding hydrogens is 540 g/mol. The lowest BCUT2D eigenvalue weighted by atomic mass is 10.1. The average molecular weight is 567 g/mol. The number of allylic oxidation sites excluding steroid dienone is 1. The Kier molecular flexibility index (Phi) is 9.79. The number of nitro benzene ring substituents is 1. The quantitative estimate of drug-likeness (QED) is 0.118. The molecule has 0 atom stereocenters. The standard InChI is InChI=1S/C27H27BrN4O5/c1-4-6-21-14-20(16-29-31-27(33)30-22-9-12-24(28)18(3)13-22)15-25(36-5-2)26(21)37-17-19-7-10-23(11-8-19)32(34)35/h4,7-16H,1,5-6,17H2,2-3H3,(H2,30,31,33)/b29-16+. The molecule has 0 aliphatic rings. The summed E-state index contributed by atoms with van der Waals surface area (Å²) in [5.41, 5.74) is 6.41. The van der Waals surface area contributed by atoms with E-state index in [1.807, 2.05) is 32.0 Å². The Morgan fingerprint density at radius 2 is 1.92 bits per heavy atom. The first-order valence-corrected chi connectivity index (χ1v) is 12.2. The molecule has 2 N–H and O–H groups in total. The minimum absolute atomic E-state index is 0.0176. The molecule has 3 aromatic carbocycles. The van der Waals surface area contributed by atoms with Gasteiger partial charge in [-0.1, -0.05) is 22.0 Å².